The van der Waals surface area contributed by atoms with Gasteiger partial charge in [0.05, 0.1) is 0 Å². The van der Waals surface area contributed by atoms with Gasteiger partial charge in [-0.15, -0.1) is 0 Å². The molecule has 0 unspecified atom stereocenters. The van der Waals surface area contributed by atoms with Crippen LogP contribution in [0.5, 0.6) is 0 Å². The summed E-state index contributed by atoms with van der Waals surface area (Å²) in [5.41, 5.74) is 1.49. The van der Waals surface area contributed by atoms with Gasteiger partial charge in [-0.2, -0.15) is 0 Å². The minimum atomic E-state index is 0.825. The van der Waals surface area contributed by atoms with Gasteiger partial charge in [0.2, 0.25) is 0 Å². The van der Waals surface area contributed by atoms with E-state index in [1.165, 1.54) is 16.5 Å². The molecule has 1 saturated carbocycles. The lowest BCUT2D eigenvalue weighted by Gasteiger charge is -2.00. The van der Waals surface area contributed by atoms with E-state index >= 15 is 0 Å². The molecule has 0 N–H and O–H groups in total. The summed E-state index contributed by atoms with van der Waals surface area (Å²) >= 11 is 3.56. The number of halogens is 1. The molecule has 0 saturated heterocycles. The van der Waals surface area contributed by atoms with Crippen molar-refractivity contribution in [3.05, 3.63) is 34.3 Å². The minimum absolute atomic E-state index is 0.825. The number of benzene rings is 1. The molecule has 11 heavy (non-hydrogen) atoms. The number of rotatable bonds is 1. The van der Waals surface area contributed by atoms with Gasteiger partial charge < -0.3 is 0 Å². The first kappa shape index (κ1) is 7.35. The van der Waals surface area contributed by atoms with E-state index < -0.39 is 0 Å². The van der Waals surface area contributed by atoms with Crippen LogP contribution in [0.3, 0.4) is 0 Å². The maximum Gasteiger partial charge on any atom is 0.0210 e. The fourth-order valence-electron chi connectivity index (χ4n) is 1.53. The SMILES string of the molecule is C[C@@H]1C[C@@H]1c1ccccc1Br. The molecule has 0 heterocycles. The molecular formula is C10H11Br. The van der Waals surface area contributed by atoms with Crippen molar-refractivity contribution >= 4 is 15.9 Å². The van der Waals surface area contributed by atoms with Crippen LogP contribution in [0.2, 0.25) is 0 Å². The van der Waals surface area contributed by atoms with Gasteiger partial charge in [0.15, 0.2) is 0 Å². The average Bonchev–Trinajstić information content (AvgIpc) is 2.68. The predicted molar refractivity (Wildman–Crippen MR) is 50.7 cm³/mol. The summed E-state index contributed by atoms with van der Waals surface area (Å²) in [7, 11) is 0. The van der Waals surface area contributed by atoms with Gasteiger partial charge in [0.25, 0.3) is 0 Å². The van der Waals surface area contributed by atoms with E-state index in [2.05, 4.69) is 47.1 Å². The summed E-state index contributed by atoms with van der Waals surface area (Å²) in [4.78, 5) is 0. The monoisotopic (exact) mass is 210 g/mol. The second kappa shape index (κ2) is 2.63. The molecule has 1 heteroatoms. The minimum Gasteiger partial charge on any atom is -0.0619 e. The highest BCUT2D eigenvalue weighted by Crippen LogP contribution is 2.48. The van der Waals surface area contributed by atoms with Crippen LogP contribution >= 0.6 is 15.9 Å². The summed E-state index contributed by atoms with van der Waals surface area (Å²) in [6.45, 7) is 2.31. The largest absolute Gasteiger partial charge is 0.0619 e. The van der Waals surface area contributed by atoms with Crippen LogP contribution in [0.1, 0.15) is 24.8 Å². The highest BCUT2D eigenvalue weighted by molar-refractivity contribution is 9.10. The van der Waals surface area contributed by atoms with Crippen molar-refractivity contribution in [2.75, 3.05) is 0 Å². The third kappa shape index (κ3) is 1.34. The van der Waals surface area contributed by atoms with E-state index in [4.69, 9.17) is 0 Å². The molecule has 0 radical (unpaired) electrons. The van der Waals surface area contributed by atoms with E-state index in [1.54, 1.807) is 0 Å². The Bertz CT molecular complexity index is 267. The molecular weight excluding hydrogens is 200 g/mol. The lowest BCUT2D eigenvalue weighted by molar-refractivity contribution is 0.911. The highest BCUT2D eigenvalue weighted by Gasteiger charge is 2.34. The topological polar surface area (TPSA) is 0 Å². The molecule has 0 amide bonds. The second-order valence-corrected chi connectivity index (χ2v) is 4.20. The highest BCUT2D eigenvalue weighted by atomic mass is 79.9. The van der Waals surface area contributed by atoms with Crippen molar-refractivity contribution in [3.8, 4) is 0 Å². The van der Waals surface area contributed by atoms with Crippen molar-refractivity contribution in [1.29, 1.82) is 0 Å². The van der Waals surface area contributed by atoms with Crippen molar-refractivity contribution in [1.82, 2.24) is 0 Å². The maximum absolute atomic E-state index is 3.56. The molecule has 0 nitrogen and oxygen atoms in total. The molecule has 1 fully saturated rings. The molecule has 0 bridgehead atoms. The fourth-order valence-corrected chi connectivity index (χ4v) is 2.11. The quantitative estimate of drug-likeness (QED) is 0.666. The standard InChI is InChI=1S/C10H11Br/c1-7-6-9(7)8-4-2-3-5-10(8)11/h2-5,7,9H,6H2,1H3/t7-,9+/m1/s1. The van der Waals surface area contributed by atoms with E-state index in [-0.39, 0.29) is 0 Å². The van der Waals surface area contributed by atoms with Crippen molar-refractivity contribution in [2.24, 2.45) is 5.92 Å². The molecule has 58 valence electrons. The van der Waals surface area contributed by atoms with Gasteiger partial charge in [-0.05, 0) is 29.9 Å². The van der Waals surface area contributed by atoms with Crippen molar-refractivity contribution < 1.29 is 0 Å². The summed E-state index contributed by atoms with van der Waals surface area (Å²) in [5.74, 6) is 1.72. The van der Waals surface area contributed by atoms with Gasteiger partial charge in [-0.25, -0.2) is 0 Å². The Labute approximate surface area is 75.8 Å². The van der Waals surface area contributed by atoms with Crippen LogP contribution in [-0.4, -0.2) is 0 Å². The molecule has 1 aliphatic rings. The van der Waals surface area contributed by atoms with Crippen molar-refractivity contribution in [2.45, 2.75) is 19.3 Å². The Morgan fingerprint density at radius 1 is 1.36 bits per heavy atom. The van der Waals surface area contributed by atoms with Gasteiger partial charge >= 0.3 is 0 Å². The van der Waals surface area contributed by atoms with Crippen LogP contribution in [0, 0.1) is 5.92 Å². The summed E-state index contributed by atoms with van der Waals surface area (Å²) in [6.07, 6.45) is 1.36. The lowest BCUT2D eigenvalue weighted by atomic mass is 10.1. The molecule has 0 spiro atoms. The van der Waals surface area contributed by atoms with Crippen LogP contribution in [0.15, 0.2) is 28.7 Å². The van der Waals surface area contributed by atoms with Crippen LogP contribution in [0.4, 0.5) is 0 Å². The van der Waals surface area contributed by atoms with Crippen molar-refractivity contribution in [3.63, 3.8) is 0 Å². The summed E-state index contributed by atoms with van der Waals surface area (Å²) in [5, 5.41) is 0. The van der Waals surface area contributed by atoms with Crippen LogP contribution < -0.4 is 0 Å². The van der Waals surface area contributed by atoms with Gasteiger partial charge in [0, 0.05) is 4.47 Å². The van der Waals surface area contributed by atoms with Gasteiger partial charge in [-0.1, -0.05) is 41.1 Å². The van der Waals surface area contributed by atoms with Gasteiger partial charge in [-0.3, -0.25) is 0 Å². The molecule has 1 aromatic rings. The van der Waals surface area contributed by atoms with E-state index in [1.807, 2.05) is 0 Å². The van der Waals surface area contributed by atoms with Crippen LogP contribution in [0.25, 0.3) is 0 Å². The summed E-state index contributed by atoms with van der Waals surface area (Å²) < 4.78 is 1.27. The Kier molecular flexibility index (Phi) is 1.76. The molecule has 0 aromatic heterocycles. The predicted octanol–water partition coefficient (Wildman–Crippen LogP) is 3.57. The first-order chi connectivity index (χ1) is 5.29. The zero-order valence-corrected chi connectivity index (χ0v) is 8.14. The summed E-state index contributed by atoms with van der Waals surface area (Å²) in [6, 6.07) is 8.53. The molecule has 1 aromatic carbocycles. The zero-order chi connectivity index (χ0) is 7.84. The fraction of sp³-hybridized carbons (Fsp3) is 0.400. The van der Waals surface area contributed by atoms with Crippen LogP contribution in [-0.2, 0) is 0 Å². The average molecular weight is 211 g/mol. The molecule has 2 rings (SSSR count). The molecule has 2 atom stereocenters. The first-order valence-corrected chi connectivity index (χ1v) is 4.83. The Morgan fingerprint density at radius 2 is 2.00 bits per heavy atom. The first-order valence-electron chi connectivity index (χ1n) is 4.03. The Balaban J connectivity index is 2.31. The van der Waals surface area contributed by atoms with Gasteiger partial charge in [0.1, 0.15) is 0 Å². The Morgan fingerprint density at radius 3 is 2.55 bits per heavy atom. The smallest absolute Gasteiger partial charge is 0.0210 e. The maximum atomic E-state index is 3.56. The Hall–Kier alpha value is -0.300. The number of hydrogen-bond acceptors (Lipinski definition) is 0. The van der Waals surface area contributed by atoms with E-state index in [0.717, 1.165) is 11.8 Å². The normalized spacial score (nSPS) is 28.5. The van der Waals surface area contributed by atoms with E-state index in [9.17, 15) is 0 Å². The molecule has 0 aliphatic heterocycles. The van der Waals surface area contributed by atoms with E-state index in [0.29, 0.717) is 0 Å². The zero-order valence-electron chi connectivity index (χ0n) is 6.55. The lowest BCUT2D eigenvalue weighted by Crippen LogP contribution is -1.81. The molecule has 1 aliphatic carbocycles. The third-order valence-corrected chi connectivity index (χ3v) is 3.14. The number of hydrogen-bond donors (Lipinski definition) is 0. The second-order valence-electron chi connectivity index (χ2n) is 3.34. The third-order valence-electron chi connectivity index (χ3n) is 2.41.